The molecule has 1 saturated heterocycles. The second-order valence-corrected chi connectivity index (χ2v) is 6.93. The minimum absolute atomic E-state index is 0.149. The predicted molar refractivity (Wildman–Crippen MR) is 88.2 cm³/mol. The first-order valence-electron chi connectivity index (χ1n) is 7.73. The van der Waals surface area contributed by atoms with Crippen LogP contribution >= 0.6 is 11.3 Å². The Labute approximate surface area is 132 Å². The fourth-order valence-electron chi connectivity index (χ4n) is 2.27. The van der Waals surface area contributed by atoms with Gasteiger partial charge in [-0.3, -0.25) is 4.90 Å². The van der Waals surface area contributed by atoms with E-state index in [1.807, 2.05) is 27.7 Å². The molecular formula is C15H26BNO3S. The van der Waals surface area contributed by atoms with Crippen LogP contribution in [0.25, 0.3) is 0 Å². The molecule has 1 fully saturated rings. The van der Waals surface area contributed by atoms with Crippen molar-refractivity contribution in [2.75, 3.05) is 26.3 Å². The summed E-state index contributed by atoms with van der Waals surface area (Å²) in [5, 5.41) is 2.16. The summed E-state index contributed by atoms with van der Waals surface area (Å²) in [5.74, 6) is 0. The average Bonchev–Trinajstić information content (AvgIpc) is 2.86. The quantitative estimate of drug-likeness (QED) is 0.722. The highest BCUT2D eigenvalue weighted by Crippen LogP contribution is 2.14. The Kier molecular flexibility index (Phi) is 6.70. The molecule has 1 aromatic heterocycles. The smallest absolute Gasteiger partial charge is 0.405 e. The van der Waals surface area contributed by atoms with Crippen molar-refractivity contribution in [3.63, 3.8) is 0 Å². The summed E-state index contributed by atoms with van der Waals surface area (Å²) in [5.41, 5.74) is 1.13. The van der Waals surface area contributed by atoms with Gasteiger partial charge in [0.2, 0.25) is 0 Å². The third-order valence-electron chi connectivity index (χ3n) is 3.22. The van der Waals surface area contributed by atoms with E-state index in [2.05, 4.69) is 16.3 Å². The van der Waals surface area contributed by atoms with Gasteiger partial charge in [-0.1, -0.05) is 0 Å². The normalized spacial score (nSPS) is 16.9. The Hall–Kier alpha value is -0.395. The van der Waals surface area contributed by atoms with Crippen molar-refractivity contribution in [3.8, 4) is 0 Å². The van der Waals surface area contributed by atoms with Crippen LogP contribution in [0.15, 0.2) is 11.4 Å². The van der Waals surface area contributed by atoms with Crippen LogP contribution in [0, 0.1) is 0 Å². The van der Waals surface area contributed by atoms with Crippen molar-refractivity contribution < 1.29 is 14.0 Å². The van der Waals surface area contributed by atoms with Crippen molar-refractivity contribution in [2.45, 2.75) is 46.4 Å². The zero-order chi connectivity index (χ0) is 15.2. The van der Waals surface area contributed by atoms with Crippen LogP contribution in [-0.4, -0.2) is 50.5 Å². The lowest BCUT2D eigenvalue weighted by molar-refractivity contribution is 0.0346. The van der Waals surface area contributed by atoms with Crippen molar-refractivity contribution in [2.24, 2.45) is 0 Å². The van der Waals surface area contributed by atoms with Crippen molar-refractivity contribution in [1.29, 1.82) is 0 Å². The molecule has 0 aliphatic carbocycles. The van der Waals surface area contributed by atoms with Crippen LogP contribution in [0.3, 0.4) is 0 Å². The molecule has 4 nitrogen and oxygen atoms in total. The zero-order valence-corrected chi connectivity index (χ0v) is 14.3. The minimum atomic E-state index is -0.264. The van der Waals surface area contributed by atoms with Crippen LogP contribution in [0.2, 0.25) is 0 Å². The predicted octanol–water partition coefficient (Wildman–Crippen LogP) is 2.13. The summed E-state index contributed by atoms with van der Waals surface area (Å²) in [4.78, 5) is 3.79. The van der Waals surface area contributed by atoms with Gasteiger partial charge in [-0.15, -0.1) is 11.3 Å². The largest absolute Gasteiger partial charge is 0.495 e. The minimum Gasteiger partial charge on any atom is -0.405 e. The maximum atomic E-state index is 5.90. The molecular weight excluding hydrogens is 285 g/mol. The van der Waals surface area contributed by atoms with E-state index in [1.54, 1.807) is 11.3 Å². The first-order chi connectivity index (χ1) is 10.0. The maximum Gasteiger partial charge on any atom is 0.495 e. The van der Waals surface area contributed by atoms with E-state index >= 15 is 0 Å². The fraction of sp³-hybridized carbons (Fsp3) is 0.733. The zero-order valence-electron chi connectivity index (χ0n) is 13.5. The van der Waals surface area contributed by atoms with E-state index in [-0.39, 0.29) is 19.3 Å². The van der Waals surface area contributed by atoms with Crippen LogP contribution in [0.4, 0.5) is 0 Å². The summed E-state index contributed by atoms with van der Waals surface area (Å²) in [7, 11) is -0.264. The summed E-state index contributed by atoms with van der Waals surface area (Å²) in [6.07, 6.45) is 0.299. The molecule has 1 aliphatic heterocycles. The van der Waals surface area contributed by atoms with Crippen LogP contribution < -0.4 is 5.46 Å². The van der Waals surface area contributed by atoms with Gasteiger partial charge in [0.15, 0.2) is 0 Å². The summed E-state index contributed by atoms with van der Waals surface area (Å²) in [6.45, 7) is 12.9. The molecule has 21 heavy (non-hydrogen) atoms. The van der Waals surface area contributed by atoms with Gasteiger partial charge in [0.25, 0.3) is 0 Å². The highest BCUT2D eigenvalue weighted by atomic mass is 32.1. The molecule has 118 valence electrons. The lowest BCUT2D eigenvalue weighted by Crippen LogP contribution is -2.40. The first-order valence-corrected chi connectivity index (χ1v) is 8.61. The Balaban J connectivity index is 1.97. The molecule has 2 rings (SSSR count). The summed E-state index contributed by atoms with van der Waals surface area (Å²) >= 11 is 1.78. The van der Waals surface area contributed by atoms with Crippen LogP contribution in [0.1, 0.15) is 32.6 Å². The molecule has 6 heteroatoms. The molecule has 1 aliphatic rings. The molecule has 2 heterocycles. The topological polar surface area (TPSA) is 30.9 Å². The third kappa shape index (κ3) is 5.72. The maximum absolute atomic E-state index is 5.90. The number of nitrogens with zero attached hydrogens (tertiary/aromatic N) is 1. The van der Waals surface area contributed by atoms with Crippen molar-refractivity contribution in [3.05, 3.63) is 16.3 Å². The van der Waals surface area contributed by atoms with Gasteiger partial charge in [0.05, 0.1) is 13.2 Å². The van der Waals surface area contributed by atoms with Crippen LogP contribution in [-0.2, 0) is 20.6 Å². The Morgan fingerprint density at radius 3 is 2.38 bits per heavy atom. The molecule has 0 bridgehead atoms. The standard InChI is InChI=1S/C15H26BNO3S/c1-12(2)19-16(20-13(3)4)14-9-15(21-11-14)10-17-5-7-18-8-6-17/h9,11-13H,5-8,10H2,1-4H3. The second-order valence-electron chi connectivity index (χ2n) is 5.94. The van der Waals surface area contributed by atoms with Gasteiger partial charge in [0.1, 0.15) is 0 Å². The SMILES string of the molecule is CC(C)OB(OC(C)C)c1csc(CN2CCOCC2)c1. The van der Waals surface area contributed by atoms with E-state index in [0.717, 1.165) is 38.3 Å². The van der Waals surface area contributed by atoms with Crippen molar-refractivity contribution >= 4 is 23.9 Å². The average molecular weight is 311 g/mol. The highest BCUT2D eigenvalue weighted by Gasteiger charge is 2.25. The molecule has 0 unspecified atom stereocenters. The van der Waals surface area contributed by atoms with Gasteiger partial charge in [-0.25, -0.2) is 0 Å². The number of hydrogen-bond donors (Lipinski definition) is 0. The van der Waals surface area contributed by atoms with Gasteiger partial charge < -0.3 is 14.0 Å². The van der Waals surface area contributed by atoms with E-state index in [0.29, 0.717) is 0 Å². The van der Waals surface area contributed by atoms with Gasteiger partial charge in [0, 0.05) is 36.7 Å². The van der Waals surface area contributed by atoms with E-state index in [9.17, 15) is 0 Å². The molecule has 0 atom stereocenters. The van der Waals surface area contributed by atoms with E-state index in [4.69, 9.17) is 14.0 Å². The first kappa shape index (κ1) is 17.0. The molecule has 0 saturated carbocycles. The number of ether oxygens (including phenoxy) is 1. The van der Waals surface area contributed by atoms with Gasteiger partial charge in [-0.05, 0) is 44.6 Å². The Morgan fingerprint density at radius 1 is 1.19 bits per heavy atom. The van der Waals surface area contributed by atoms with Gasteiger partial charge in [-0.2, -0.15) is 0 Å². The number of rotatable bonds is 7. The molecule has 0 spiro atoms. The number of thiophene rings is 1. The number of morpholine rings is 1. The highest BCUT2D eigenvalue weighted by molar-refractivity contribution is 7.11. The van der Waals surface area contributed by atoms with Crippen molar-refractivity contribution in [1.82, 2.24) is 4.90 Å². The monoisotopic (exact) mass is 311 g/mol. The van der Waals surface area contributed by atoms with Crippen LogP contribution in [0.5, 0.6) is 0 Å². The van der Waals surface area contributed by atoms with Gasteiger partial charge >= 0.3 is 7.12 Å². The molecule has 0 amide bonds. The van der Waals surface area contributed by atoms with E-state index in [1.165, 1.54) is 4.88 Å². The molecule has 0 aromatic carbocycles. The summed E-state index contributed by atoms with van der Waals surface area (Å²) in [6, 6.07) is 2.22. The van der Waals surface area contributed by atoms with E-state index < -0.39 is 0 Å². The third-order valence-corrected chi connectivity index (χ3v) is 4.16. The second kappa shape index (κ2) is 8.29. The molecule has 1 aromatic rings. The fourth-order valence-corrected chi connectivity index (χ4v) is 3.20. The molecule has 0 N–H and O–H groups in total. The summed E-state index contributed by atoms with van der Waals surface area (Å²) < 4.78 is 17.2. The lowest BCUT2D eigenvalue weighted by Gasteiger charge is -2.25. The molecule has 0 radical (unpaired) electrons. The Morgan fingerprint density at radius 2 is 1.81 bits per heavy atom. The Bertz CT molecular complexity index is 409. The number of hydrogen-bond acceptors (Lipinski definition) is 5. The lowest BCUT2D eigenvalue weighted by atomic mass is 9.80.